The molecule has 12 heteroatoms. The van der Waals surface area contributed by atoms with Crippen molar-refractivity contribution >= 4 is 23.8 Å². The third-order valence-corrected chi connectivity index (χ3v) is 5.33. The van der Waals surface area contributed by atoms with Gasteiger partial charge in [-0.25, -0.2) is 19.1 Å². The van der Waals surface area contributed by atoms with E-state index in [0.717, 1.165) is 10.6 Å². The zero-order chi connectivity index (χ0) is 27.4. The fourth-order valence-electron chi connectivity index (χ4n) is 3.33. The minimum atomic E-state index is -0.831. The molecule has 0 radical (unpaired) electrons. The molecule has 0 aliphatic carbocycles. The van der Waals surface area contributed by atoms with Gasteiger partial charge in [0.1, 0.15) is 32.4 Å². The van der Waals surface area contributed by atoms with Crippen molar-refractivity contribution < 1.29 is 47.4 Å². The molecule has 1 unspecified atom stereocenters. The second-order valence-electron chi connectivity index (χ2n) is 7.66. The third kappa shape index (κ3) is 8.24. The summed E-state index contributed by atoms with van der Waals surface area (Å²) in [5.41, 5.74) is 1.12. The standard InChI is InChI=1S/C25H33N3O9/c1-7-27-11-9-8-10-19(27)14-28(17(2)29)25(31)37-16-20(32-3)15-36-24(30)26-18-12-21(33-4)23(35-6)22(13-18)34-5/h8-13,20H,7,14-16H2,1-6H3/p+1. The molecule has 0 aliphatic rings. The average Bonchev–Trinajstić information content (AvgIpc) is 2.90. The monoisotopic (exact) mass is 520 g/mol. The van der Waals surface area contributed by atoms with E-state index in [-0.39, 0.29) is 19.8 Å². The molecule has 1 heterocycles. The molecule has 2 rings (SSSR count). The summed E-state index contributed by atoms with van der Waals surface area (Å²) in [5.74, 6) is 0.621. The Hall–Kier alpha value is -4.06. The second-order valence-corrected chi connectivity index (χ2v) is 7.66. The van der Waals surface area contributed by atoms with E-state index in [4.69, 9.17) is 28.4 Å². The van der Waals surface area contributed by atoms with E-state index >= 15 is 0 Å². The summed E-state index contributed by atoms with van der Waals surface area (Å²) in [4.78, 5) is 38.0. The van der Waals surface area contributed by atoms with Crippen molar-refractivity contribution in [3.05, 3.63) is 42.2 Å². The number of anilines is 1. The Balaban J connectivity index is 1.94. The Bertz CT molecular complexity index is 1050. The molecule has 0 saturated carbocycles. The number of imide groups is 1. The Morgan fingerprint density at radius 1 is 0.973 bits per heavy atom. The largest absolute Gasteiger partial charge is 0.493 e. The van der Waals surface area contributed by atoms with Crippen LogP contribution < -0.4 is 24.1 Å². The lowest BCUT2D eigenvalue weighted by molar-refractivity contribution is -0.701. The fourth-order valence-corrected chi connectivity index (χ4v) is 3.33. The van der Waals surface area contributed by atoms with E-state index in [1.54, 1.807) is 12.1 Å². The maximum atomic E-state index is 12.6. The number of carbonyl (C=O) groups excluding carboxylic acids is 3. The fraction of sp³-hybridized carbons (Fsp3) is 0.440. The zero-order valence-corrected chi connectivity index (χ0v) is 21.9. The number of methoxy groups -OCH3 is 4. The van der Waals surface area contributed by atoms with E-state index in [1.807, 2.05) is 35.9 Å². The molecule has 0 spiro atoms. The smallest absolute Gasteiger partial charge is 0.417 e. The van der Waals surface area contributed by atoms with Crippen molar-refractivity contribution in [3.8, 4) is 17.2 Å². The Labute approximate surface area is 216 Å². The molecule has 202 valence electrons. The lowest BCUT2D eigenvalue weighted by atomic mass is 10.2. The number of ether oxygens (including phenoxy) is 6. The van der Waals surface area contributed by atoms with Gasteiger partial charge in [0, 0.05) is 38.3 Å². The van der Waals surface area contributed by atoms with Crippen molar-refractivity contribution in [3.63, 3.8) is 0 Å². The van der Waals surface area contributed by atoms with Crippen molar-refractivity contribution in [1.29, 1.82) is 0 Å². The summed E-state index contributed by atoms with van der Waals surface area (Å²) >= 11 is 0. The number of hydrogen-bond donors (Lipinski definition) is 1. The van der Waals surface area contributed by atoms with Crippen molar-refractivity contribution in [2.75, 3.05) is 47.0 Å². The predicted molar refractivity (Wildman–Crippen MR) is 132 cm³/mol. The van der Waals surface area contributed by atoms with E-state index < -0.39 is 24.2 Å². The molecule has 37 heavy (non-hydrogen) atoms. The van der Waals surface area contributed by atoms with Gasteiger partial charge in [0.25, 0.3) is 0 Å². The maximum Gasteiger partial charge on any atom is 0.417 e. The highest BCUT2D eigenvalue weighted by atomic mass is 16.6. The molecule has 0 fully saturated rings. The lowest BCUT2D eigenvalue weighted by Crippen LogP contribution is -2.43. The number of hydrogen-bond acceptors (Lipinski definition) is 9. The van der Waals surface area contributed by atoms with Crippen LogP contribution in [0.15, 0.2) is 36.5 Å². The molecule has 2 aromatic rings. The van der Waals surface area contributed by atoms with Gasteiger partial charge in [-0.2, -0.15) is 0 Å². The van der Waals surface area contributed by atoms with E-state index in [1.165, 1.54) is 35.4 Å². The number of benzene rings is 1. The number of aromatic nitrogens is 1. The molecular weight excluding hydrogens is 486 g/mol. The predicted octanol–water partition coefficient (Wildman–Crippen LogP) is 2.77. The van der Waals surface area contributed by atoms with E-state index in [0.29, 0.717) is 29.5 Å². The van der Waals surface area contributed by atoms with Crippen molar-refractivity contribution in [1.82, 2.24) is 4.90 Å². The van der Waals surface area contributed by atoms with Crippen LogP contribution >= 0.6 is 0 Å². The summed E-state index contributed by atoms with van der Waals surface area (Å²) in [7, 11) is 5.77. The topological polar surface area (TPSA) is 126 Å². The molecule has 1 N–H and O–H groups in total. The highest BCUT2D eigenvalue weighted by Crippen LogP contribution is 2.39. The summed E-state index contributed by atoms with van der Waals surface area (Å²) in [5, 5.41) is 2.56. The van der Waals surface area contributed by atoms with Gasteiger partial charge in [-0.1, -0.05) is 6.07 Å². The Kier molecular flexibility index (Phi) is 11.4. The molecule has 3 amide bonds. The van der Waals surface area contributed by atoms with Crippen LogP contribution in [0.25, 0.3) is 0 Å². The van der Waals surface area contributed by atoms with Gasteiger partial charge in [0.15, 0.2) is 17.7 Å². The first-order chi connectivity index (χ1) is 17.8. The average molecular weight is 521 g/mol. The molecule has 1 atom stereocenters. The minimum Gasteiger partial charge on any atom is -0.493 e. The Morgan fingerprint density at radius 2 is 1.62 bits per heavy atom. The van der Waals surface area contributed by atoms with Crippen LogP contribution in [0, 0.1) is 0 Å². The molecule has 0 bridgehead atoms. The van der Waals surface area contributed by atoms with Gasteiger partial charge in [-0.3, -0.25) is 10.1 Å². The lowest BCUT2D eigenvalue weighted by Gasteiger charge is -2.20. The molecule has 12 nitrogen and oxygen atoms in total. The number of rotatable bonds is 12. The first-order valence-corrected chi connectivity index (χ1v) is 11.5. The summed E-state index contributed by atoms with van der Waals surface area (Å²) in [6.07, 6.45) is -0.509. The van der Waals surface area contributed by atoms with Crippen molar-refractivity contribution in [2.24, 2.45) is 0 Å². The summed E-state index contributed by atoms with van der Waals surface area (Å²) < 4.78 is 33.4. The summed E-state index contributed by atoms with van der Waals surface area (Å²) in [6.45, 7) is 3.52. The highest BCUT2D eigenvalue weighted by Gasteiger charge is 2.25. The van der Waals surface area contributed by atoms with Crippen LogP contribution in [-0.4, -0.2) is 70.8 Å². The quantitative estimate of drug-likeness (QED) is 0.421. The van der Waals surface area contributed by atoms with Gasteiger partial charge in [-0.15, -0.1) is 0 Å². The normalized spacial score (nSPS) is 11.2. The van der Waals surface area contributed by atoms with Crippen molar-refractivity contribution in [2.45, 2.75) is 33.0 Å². The third-order valence-electron chi connectivity index (χ3n) is 5.33. The first kappa shape index (κ1) is 29.2. The molecule has 1 aromatic heterocycles. The number of nitrogens with one attached hydrogen (secondary N) is 1. The zero-order valence-electron chi connectivity index (χ0n) is 21.9. The molecular formula is C25H34N3O9+. The van der Waals surface area contributed by atoms with Gasteiger partial charge in [0.2, 0.25) is 17.4 Å². The second kappa shape index (κ2) is 14.5. The minimum absolute atomic E-state index is 0.0498. The van der Waals surface area contributed by atoms with Gasteiger partial charge >= 0.3 is 12.2 Å². The SMILES string of the molecule is CC[n+]1ccccc1CN(C(C)=O)C(=O)OCC(COC(=O)Nc1cc(OC)c(OC)c(OC)c1)OC. The van der Waals surface area contributed by atoms with Crippen LogP contribution in [-0.2, 0) is 32.1 Å². The maximum absolute atomic E-state index is 12.6. The highest BCUT2D eigenvalue weighted by molar-refractivity contribution is 5.90. The number of carbonyl (C=O) groups is 3. The van der Waals surface area contributed by atoms with Gasteiger partial charge in [0.05, 0.1) is 27.0 Å². The molecule has 0 saturated heterocycles. The Morgan fingerprint density at radius 3 is 2.16 bits per heavy atom. The van der Waals surface area contributed by atoms with Crippen LogP contribution in [0.3, 0.4) is 0 Å². The first-order valence-electron chi connectivity index (χ1n) is 11.5. The molecule has 1 aromatic carbocycles. The number of amides is 3. The number of pyridine rings is 1. The van der Waals surface area contributed by atoms with E-state index in [2.05, 4.69) is 5.32 Å². The number of aryl methyl sites for hydroxylation is 1. The van der Waals surface area contributed by atoms with E-state index in [9.17, 15) is 14.4 Å². The van der Waals surface area contributed by atoms with Gasteiger partial charge in [-0.05, 0) is 6.92 Å². The van der Waals surface area contributed by atoms with Crippen LogP contribution in [0.1, 0.15) is 19.5 Å². The van der Waals surface area contributed by atoms with Crippen LogP contribution in [0.4, 0.5) is 15.3 Å². The number of nitrogens with zero attached hydrogens (tertiary/aromatic N) is 2. The van der Waals surface area contributed by atoms with Crippen LogP contribution in [0.2, 0.25) is 0 Å². The van der Waals surface area contributed by atoms with Crippen LogP contribution in [0.5, 0.6) is 17.2 Å². The summed E-state index contributed by atoms with van der Waals surface area (Å²) in [6, 6.07) is 8.61. The molecule has 0 aliphatic heterocycles. The van der Waals surface area contributed by atoms with Gasteiger partial charge < -0.3 is 28.4 Å².